The zero-order valence-electron chi connectivity index (χ0n) is 10.8. The van der Waals surface area contributed by atoms with Gasteiger partial charge in [-0.05, 0) is 24.8 Å². The maximum atomic E-state index is 10.7. The highest BCUT2D eigenvalue weighted by Gasteiger charge is 2.14. The molecule has 0 spiro atoms. The fourth-order valence-electron chi connectivity index (χ4n) is 1.74. The Morgan fingerprint density at radius 3 is 3.00 bits per heavy atom. The molecule has 2 heterocycles. The van der Waals surface area contributed by atoms with Gasteiger partial charge in [-0.2, -0.15) is 11.8 Å². The van der Waals surface area contributed by atoms with E-state index in [9.17, 15) is 4.79 Å². The first-order chi connectivity index (χ1) is 9.13. The van der Waals surface area contributed by atoms with E-state index in [1.807, 2.05) is 23.8 Å². The molecule has 5 nitrogen and oxygen atoms in total. The lowest BCUT2D eigenvalue weighted by atomic mass is 10.3. The largest absolute Gasteiger partial charge is 0.481 e. The van der Waals surface area contributed by atoms with E-state index >= 15 is 0 Å². The number of rotatable bonds is 6. The number of thioether (sulfide) groups is 2. The summed E-state index contributed by atoms with van der Waals surface area (Å²) in [6.45, 7) is 2.78. The lowest BCUT2D eigenvalue weighted by Crippen LogP contribution is -2.05. The first-order valence-electron chi connectivity index (χ1n) is 5.79. The van der Waals surface area contributed by atoms with Crippen LogP contribution in [0, 0.1) is 6.92 Å². The number of fused-ring (bicyclic) bond motifs is 1. The second kappa shape index (κ2) is 6.29. The third-order valence-corrected chi connectivity index (χ3v) is 4.20. The van der Waals surface area contributed by atoms with Gasteiger partial charge in [0.15, 0.2) is 10.8 Å². The molecule has 0 atom stereocenters. The van der Waals surface area contributed by atoms with Crippen LogP contribution in [0.25, 0.3) is 11.2 Å². The molecule has 0 aliphatic heterocycles. The van der Waals surface area contributed by atoms with E-state index in [-0.39, 0.29) is 5.75 Å². The fourth-order valence-corrected chi connectivity index (χ4v) is 2.85. The van der Waals surface area contributed by atoms with Crippen molar-refractivity contribution in [2.24, 2.45) is 0 Å². The topological polar surface area (TPSA) is 68.0 Å². The first-order valence-corrected chi connectivity index (χ1v) is 8.16. The van der Waals surface area contributed by atoms with E-state index < -0.39 is 5.97 Å². The Labute approximate surface area is 119 Å². The molecule has 0 unspecified atom stereocenters. The number of carboxylic acid groups (broad SMARTS) is 1. The van der Waals surface area contributed by atoms with Crippen LogP contribution in [0.2, 0.25) is 0 Å². The van der Waals surface area contributed by atoms with Gasteiger partial charge in [0.25, 0.3) is 0 Å². The molecule has 19 heavy (non-hydrogen) atoms. The van der Waals surface area contributed by atoms with Gasteiger partial charge < -0.3 is 9.67 Å². The van der Waals surface area contributed by atoms with Crippen LogP contribution in [0.1, 0.15) is 5.56 Å². The van der Waals surface area contributed by atoms with Crippen molar-refractivity contribution in [3.8, 4) is 0 Å². The summed E-state index contributed by atoms with van der Waals surface area (Å²) >= 11 is 2.99. The molecule has 7 heteroatoms. The zero-order chi connectivity index (χ0) is 13.8. The Hall–Kier alpha value is -1.21. The molecule has 0 radical (unpaired) electrons. The number of pyridine rings is 1. The molecule has 0 aromatic carbocycles. The van der Waals surface area contributed by atoms with Gasteiger partial charge in [-0.1, -0.05) is 11.8 Å². The van der Waals surface area contributed by atoms with Crippen LogP contribution < -0.4 is 0 Å². The second-order valence-electron chi connectivity index (χ2n) is 4.02. The van der Waals surface area contributed by atoms with Gasteiger partial charge in [-0.3, -0.25) is 4.79 Å². The fraction of sp³-hybridized carbons (Fsp3) is 0.417. The van der Waals surface area contributed by atoms with E-state index in [4.69, 9.17) is 5.11 Å². The Bertz CT molecular complexity index is 598. The zero-order valence-corrected chi connectivity index (χ0v) is 12.4. The van der Waals surface area contributed by atoms with Gasteiger partial charge in [0.1, 0.15) is 5.52 Å². The molecule has 2 aromatic rings. The number of hydrogen-bond acceptors (Lipinski definition) is 5. The Morgan fingerprint density at radius 1 is 1.53 bits per heavy atom. The van der Waals surface area contributed by atoms with Crippen LogP contribution in [0.3, 0.4) is 0 Å². The van der Waals surface area contributed by atoms with Gasteiger partial charge >= 0.3 is 5.97 Å². The van der Waals surface area contributed by atoms with Gasteiger partial charge in [-0.15, -0.1) is 0 Å². The van der Waals surface area contributed by atoms with E-state index in [2.05, 4.69) is 9.97 Å². The number of aryl methyl sites for hydroxylation is 2. The van der Waals surface area contributed by atoms with E-state index in [0.717, 1.165) is 34.2 Å². The maximum Gasteiger partial charge on any atom is 0.313 e. The van der Waals surface area contributed by atoms with Crippen molar-refractivity contribution in [2.45, 2.75) is 18.6 Å². The van der Waals surface area contributed by atoms with E-state index in [1.54, 1.807) is 18.0 Å². The molecule has 0 aliphatic rings. The molecule has 1 N–H and O–H groups in total. The third kappa shape index (κ3) is 3.22. The summed E-state index contributed by atoms with van der Waals surface area (Å²) in [6.07, 6.45) is 3.81. The summed E-state index contributed by atoms with van der Waals surface area (Å²) in [4.78, 5) is 19.6. The number of aromatic nitrogens is 3. The van der Waals surface area contributed by atoms with E-state index in [1.165, 1.54) is 11.8 Å². The first kappa shape index (κ1) is 14.2. The van der Waals surface area contributed by atoms with Crippen LogP contribution in [-0.4, -0.2) is 43.4 Å². The number of nitrogens with zero attached hydrogens (tertiary/aromatic N) is 3. The highest BCUT2D eigenvalue weighted by molar-refractivity contribution is 7.99. The molecule has 0 saturated carbocycles. The molecular weight excluding hydrogens is 282 g/mol. The average Bonchev–Trinajstić information content (AvgIpc) is 2.73. The normalized spacial score (nSPS) is 11.1. The summed E-state index contributed by atoms with van der Waals surface area (Å²) in [5.74, 6) is 0.127. The molecule has 0 fully saturated rings. The van der Waals surface area contributed by atoms with Gasteiger partial charge in [0, 0.05) is 18.5 Å². The van der Waals surface area contributed by atoms with Gasteiger partial charge in [0.05, 0.1) is 5.75 Å². The van der Waals surface area contributed by atoms with Crippen LogP contribution in [-0.2, 0) is 11.3 Å². The minimum atomic E-state index is -0.835. The smallest absolute Gasteiger partial charge is 0.313 e. The van der Waals surface area contributed by atoms with Crippen LogP contribution in [0.15, 0.2) is 17.4 Å². The predicted octanol–water partition coefficient (Wildman–Crippen LogP) is 2.28. The van der Waals surface area contributed by atoms with Gasteiger partial charge in [0.2, 0.25) is 0 Å². The quantitative estimate of drug-likeness (QED) is 0.825. The predicted molar refractivity (Wildman–Crippen MR) is 79.0 cm³/mol. The number of imidazole rings is 1. The van der Waals surface area contributed by atoms with Crippen molar-refractivity contribution in [2.75, 3.05) is 17.8 Å². The lowest BCUT2D eigenvalue weighted by molar-refractivity contribution is -0.133. The molecule has 0 aliphatic carbocycles. The van der Waals surface area contributed by atoms with Crippen molar-refractivity contribution in [1.82, 2.24) is 14.5 Å². The minimum Gasteiger partial charge on any atom is -0.481 e. The van der Waals surface area contributed by atoms with Crippen LogP contribution in [0.5, 0.6) is 0 Å². The SMILES string of the molecule is CSCCn1c(SCC(=O)O)nc2c(C)ccnc21. The summed E-state index contributed by atoms with van der Waals surface area (Å²) < 4.78 is 2.01. The molecule has 0 bridgehead atoms. The maximum absolute atomic E-state index is 10.7. The molecule has 0 amide bonds. The van der Waals surface area contributed by atoms with Crippen LogP contribution in [0.4, 0.5) is 0 Å². The number of hydrogen-bond donors (Lipinski definition) is 1. The molecule has 102 valence electrons. The Kier molecular flexibility index (Phi) is 4.71. The lowest BCUT2D eigenvalue weighted by Gasteiger charge is -2.06. The van der Waals surface area contributed by atoms with Crippen molar-refractivity contribution in [3.05, 3.63) is 17.8 Å². The number of carboxylic acids is 1. The monoisotopic (exact) mass is 297 g/mol. The standard InChI is InChI=1S/C12H15N3O2S2/c1-8-3-4-13-11-10(8)14-12(19-7-9(16)17)15(11)5-6-18-2/h3-4H,5-7H2,1-2H3,(H,16,17). The van der Waals surface area contributed by atoms with Crippen LogP contribution >= 0.6 is 23.5 Å². The Balaban J connectivity index is 2.41. The summed E-state index contributed by atoms with van der Waals surface area (Å²) in [5.41, 5.74) is 2.75. The van der Waals surface area contributed by atoms with Gasteiger partial charge in [-0.25, -0.2) is 9.97 Å². The summed E-state index contributed by atoms with van der Waals surface area (Å²) in [6, 6.07) is 1.92. The highest BCUT2D eigenvalue weighted by Crippen LogP contribution is 2.24. The number of carbonyl (C=O) groups is 1. The van der Waals surface area contributed by atoms with Crippen molar-refractivity contribution in [1.29, 1.82) is 0 Å². The molecule has 2 rings (SSSR count). The van der Waals surface area contributed by atoms with Crippen molar-refractivity contribution >= 4 is 40.7 Å². The molecule has 2 aromatic heterocycles. The molecule has 0 saturated heterocycles. The average molecular weight is 297 g/mol. The summed E-state index contributed by atoms with van der Waals surface area (Å²) in [5, 5.41) is 9.52. The minimum absolute atomic E-state index is 0.0155. The summed E-state index contributed by atoms with van der Waals surface area (Å²) in [7, 11) is 0. The Morgan fingerprint density at radius 2 is 2.32 bits per heavy atom. The van der Waals surface area contributed by atoms with E-state index in [0.29, 0.717) is 0 Å². The highest BCUT2D eigenvalue weighted by atomic mass is 32.2. The van der Waals surface area contributed by atoms with Crippen molar-refractivity contribution in [3.63, 3.8) is 0 Å². The number of aliphatic carboxylic acids is 1. The molecular formula is C12H15N3O2S2. The van der Waals surface area contributed by atoms with Crippen molar-refractivity contribution < 1.29 is 9.90 Å². The second-order valence-corrected chi connectivity index (χ2v) is 5.95. The third-order valence-electron chi connectivity index (χ3n) is 2.64.